The van der Waals surface area contributed by atoms with Crippen LogP contribution in [0.4, 0.5) is 0 Å². The number of rotatable bonds is 7. The lowest BCUT2D eigenvalue weighted by molar-refractivity contribution is -0.131. The van der Waals surface area contributed by atoms with Crippen LogP contribution < -0.4 is 0 Å². The van der Waals surface area contributed by atoms with Crippen LogP contribution in [0.3, 0.4) is 0 Å². The van der Waals surface area contributed by atoms with E-state index in [1.807, 2.05) is 13.0 Å². The Hall–Kier alpha value is -2.03. The Morgan fingerprint density at radius 2 is 2.09 bits per heavy atom. The largest absolute Gasteiger partial charge is 0.478 e. The van der Waals surface area contributed by atoms with Gasteiger partial charge in [0.2, 0.25) is 0 Å². The summed E-state index contributed by atoms with van der Waals surface area (Å²) in [6.07, 6.45) is 8.22. The minimum absolute atomic E-state index is 0.541. The normalized spacial score (nSPS) is 13.5. The Bertz CT molecular complexity index is 682. The first-order valence-electron chi connectivity index (χ1n) is 8.09. The number of carboxylic acid groups (broad SMARTS) is 1. The van der Waals surface area contributed by atoms with Crippen molar-refractivity contribution in [3.63, 3.8) is 0 Å². The van der Waals surface area contributed by atoms with Crippen LogP contribution in [0.2, 0.25) is 0 Å². The quantitative estimate of drug-likeness (QED) is 0.708. The molecule has 118 valence electrons. The van der Waals surface area contributed by atoms with E-state index in [9.17, 15) is 4.79 Å². The molecule has 1 aromatic heterocycles. The molecule has 3 heteroatoms. The molecule has 0 radical (unpaired) electrons. The number of carboxylic acids is 1. The lowest BCUT2D eigenvalue weighted by atomic mass is 10.0. The molecule has 0 bridgehead atoms. The average Bonchev–Trinajstić information content (AvgIpc) is 2.90. The van der Waals surface area contributed by atoms with E-state index in [1.165, 1.54) is 36.2 Å². The minimum atomic E-state index is -0.902. The highest BCUT2D eigenvalue weighted by Crippen LogP contribution is 2.28. The molecule has 0 aliphatic heterocycles. The highest BCUT2D eigenvalue weighted by Gasteiger charge is 2.11. The molecule has 2 aromatic rings. The Morgan fingerprint density at radius 3 is 2.73 bits per heavy atom. The van der Waals surface area contributed by atoms with E-state index in [4.69, 9.17) is 5.11 Å². The monoisotopic (exact) mass is 299 g/mol. The molecular weight excluding hydrogens is 274 g/mol. The summed E-state index contributed by atoms with van der Waals surface area (Å²) in [5, 5.41) is 10.0. The molecule has 0 amide bonds. The van der Waals surface area contributed by atoms with Gasteiger partial charge in [0.15, 0.2) is 0 Å². The van der Waals surface area contributed by atoms with E-state index in [-0.39, 0.29) is 0 Å². The van der Waals surface area contributed by atoms with Gasteiger partial charge < -0.3 is 9.67 Å². The maximum atomic E-state index is 10.8. The fourth-order valence-electron chi connectivity index (χ4n) is 2.98. The van der Waals surface area contributed by atoms with Crippen molar-refractivity contribution in [2.45, 2.75) is 52.5 Å². The van der Waals surface area contributed by atoms with Crippen molar-refractivity contribution in [3.8, 4) is 0 Å². The fraction of sp³-hybridized carbons (Fsp3) is 0.421. The summed E-state index contributed by atoms with van der Waals surface area (Å²) in [5.41, 5.74) is 2.98. The molecule has 3 nitrogen and oxygen atoms in total. The lowest BCUT2D eigenvalue weighted by Gasteiger charge is -2.18. The van der Waals surface area contributed by atoms with E-state index >= 15 is 0 Å². The zero-order valence-corrected chi connectivity index (χ0v) is 13.7. The Labute approximate surface area is 132 Å². The molecule has 1 N–H and O–H groups in total. The maximum Gasteiger partial charge on any atom is 0.328 e. The zero-order valence-electron chi connectivity index (χ0n) is 13.7. The molecule has 0 aliphatic rings. The van der Waals surface area contributed by atoms with Gasteiger partial charge in [0.05, 0.1) is 0 Å². The number of nitrogens with zero attached hydrogens (tertiary/aromatic N) is 1. The number of aromatic nitrogens is 1. The molecule has 0 saturated carbocycles. The van der Waals surface area contributed by atoms with Gasteiger partial charge in [-0.25, -0.2) is 4.79 Å². The summed E-state index contributed by atoms with van der Waals surface area (Å²) in [6, 6.07) is 8.87. The first kappa shape index (κ1) is 16.3. The number of hydrogen-bond donors (Lipinski definition) is 1. The number of carbonyl (C=O) groups is 1. The number of hydrogen-bond acceptors (Lipinski definition) is 1. The molecule has 1 aromatic carbocycles. The number of allylic oxidation sites excluding steroid dienone is 1. The van der Waals surface area contributed by atoms with Crippen LogP contribution in [0.25, 0.3) is 16.5 Å². The summed E-state index contributed by atoms with van der Waals surface area (Å²) in [7, 11) is 0. The van der Waals surface area contributed by atoms with Crippen molar-refractivity contribution in [1.29, 1.82) is 0 Å². The van der Waals surface area contributed by atoms with Gasteiger partial charge in [0.1, 0.15) is 0 Å². The van der Waals surface area contributed by atoms with Crippen LogP contribution >= 0.6 is 0 Å². The van der Waals surface area contributed by atoms with Crippen molar-refractivity contribution in [2.75, 3.05) is 0 Å². The Morgan fingerprint density at radius 1 is 1.32 bits per heavy atom. The number of unbranched alkanes of at least 4 members (excludes halogenated alkanes) is 1. The van der Waals surface area contributed by atoms with Crippen LogP contribution in [0.5, 0.6) is 0 Å². The van der Waals surface area contributed by atoms with E-state index in [0.29, 0.717) is 6.04 Å². The fourth-order valence-corrected chi connectivity index (χ4v) is 2.98. The minimum Gasteiger partial charge on any atom is -0.478 e. The lowest BCUT2D eigenvalue weighted by Crippen LogP contribution is -2.06. The van der Waals surface area contributed by atoms with Crippen LogP contribution in [0, 0.1) is 0 Å². The Kier molecular flexibility index (Phi) is 5.42. The van der Waals surface area contributed by atoms with Gasteiger partial charge >= 0.3 is 5.97 Å². The summed E-state index contributed by atoms with van der Waals surface area (Å²) in [6.45, 7) is 6.30. The van der Waals surface area contributed by atoms with Crippen LogP contribution in [-0.4, -0.2) is 15.6 Å². The molecule has 0 saturated heterocycles. The topological polar surface area (TPSA) is 42.2 Å². The molecule has 2 rings (SSSR count). The number of benzene rings is 1. The van der Waals surface area contributed by atoms with Crippen LogP contribution in [0.1, 0.15) is 58.1 Å². The summed E-state index contributed by atoms with van der Waals surface area (Å²) in [5.74, 6) is -0.902. The van der Waals surface area contributed by atoms with Gasteiger partial charge in [-0.3, -0.25) is 0 Å². The van der Waals surface area contributed by atoms with Gasteiger partial charge in [-0.05, 0) is 49.1 Å². The summed E-state index contributed by atoms with van der Waals surface area (Å²) < 4.78 is 2.37. The third-order valence-electron chi connectivity index (χ3n) is 4.27. The second-order valence-electron chi connectivity index (χ2n) is 5.87. The Balaban J connectivity index is 2.35. The van der Waals surface area contributed by atoms with Crippen molar-refractivity contribution < 1.29 is 9.90 Å². The maximum absolute atomic E-state index is 10.8. The zero-order chi connectivity index (χ0) is 16.1. The molecule has 1 heterocycles. The second kappa shape index (κ2) is 7.30. The molecule has 22 heavy (non-hydrogen) atoms. The van der Waals surface area contributed by atoms with Gasteiger partial charge in [0, 0.05) is 29.2 Å². The third kappa shape index (κ3) is 3.59. The van der Waals surface area contributed by atoms with Crippen molar-refractivity contribution >= 4 is 22.4 Å². The summed E-state index contributed by atoms with van der Waals surface area (Å²) >= 11 is 0. The third-order valence-corrected chi connectivity index (χ3v) is 4.27. The van der Waals surface area contributed by atoms with Crippen molar-refractivity contribution in [2.24, 2.45) is 0 Å². The molecule has 0 fully saturated rings. The number of fused-ring (bicyclic) bond motifs is 1. The predicted octanol–water partition coefficient (Wildman–Crippen LogP) is 5.27. The van der Waals surface area contributed by atoms with Crippen molar-refractivity contribution in [1.82, 2.24) is 4.57 Å². The molecule has 1 unspecified atom stereocenters. The standard InChI is InChI=1S/C19H25NO2/c1-4-6-7-17(5-2)20-11-10-16-13-15(8-9-18(16)20)14(3)12-19(21)22/h8-13,17H,4-7H2,1-3H3,(H,21,22). The first-order valence-corrected chi connectivity index (χ1v) is 8.09. The smallest absolute Gasteiger partial charge is 0.328 e. The van der Waals surface area contributed by atoms with E-state index in [2.05, 4.69) is 42.8 Å². The molecule has 0 aliphatic carbocycles. The van der Waals surface area contributed by atoms with Gasteiger partial charge in [0.25, 0.3) is 0 Å². The first-order chi connectivity index (χ1) is 10.6. The second-order valence-corrected chi connectivity index (χ2v) is 5.87. The van der Waals surface area contributed by atoms with Gasteiger partial charge in [-0.2, -0.15) is 0 Å². The SMILES string of the molecule is CCCCC(CC)n1ccc2cc(C(C)=CC(=O)O)ccc21. The highest BCUT2D eigenvalue weighted by atomic mass is 16.4. The molecular formula is C19H25NO2. The van der Waals surface area contributed by atoms with E-state index in [0.717, 1.165) is 17.6 Å². The molecule has 0 spiro atoms. The van der Waals surface area contributed by atoms with Crippen molar-refractivity contribution in [3.05, 3.63) is 42.1 Å². The molecule has 1 atom stereocenters. The van der Waals surface area contributed by atoms with Gasteiger partial charge in [-0.1, -0.05) is 32.8 Å². The predicted molar refractivity (Wildman–Crippen MR) is 92.1 cm³/mol. The highest BCUT2D eigenvalue weighted by molar-refractivity contribution is 5.91. The van der Waals surface area contributed by atoms with E-state index in [1.54, 1.807) is 0 Å². The van der Waals surface area contributed by atoms with Crippen LogP contribution in [0.15, 0.2) is 36.5 Å². The average molecular weight is 299 g/mol. The summed E-state index contributed by atoms with van der Waals surface area (Å²) in [4.78, 5) is 10.8. The van der Waals surface area contributed by atoms with E-state index < -0.39 is 5.97 Å². The van der Waals surface area contributed by atoms with Crippen LogP contribution in [-0.2, 0) is 4.79 Å². The van der Waals surface area contributed by atoms with Gasteiger partial charge in [-0.15, -0.1) is 0 Å². The number of aliphatic carboxylic acids is 1.